The molecule has 0 radical (unpaired) electrons. The third-order valence-electron chi connectivity index (χ3n) is 4.85. The van der Waals surface area contributed by atoms with E-state index in [1.807, 2.05) is 53.4 Å². The van der Waals surface area contributed by atoms with Crippen LogP contribution < -0.4 is 5.56 Å². The summed E-state index contributed by atoms with van der Waals surface area (Å²) >= 11 is 0. The summed E-state index contributed by atoms with van der Waals surface area (Å²) in [5.41, 5.74) is 1.94. The molecule has 1 saturated heterocycles. The molecule has 1 aromatic heterocycles. The zero-order chi connectivity index (χ0) is 17.2. The third kappa shape index (κ3) is 2.84. The lowest BCUT2D eigenvalue weighted by Gasteiger charge is -2.27. The number of likely N-dealkylation sites (tertiary alicyclic amines) is 1. The van der Waals surface area contributed by atoms with E-state index in [-0.39, 0.29) is 11.5 Å². The van der Waals surface area contributed by atoms with E-state index in [1.165, 1.54) is 0 Å². The number of aromatic amines is 1. The van der Waals surface area contributed by atoms with Crippen LogP contribution >= 0.6 is 0 Å². The lowest BCUT2D eigenvalue weighted by atomic mass is 9.96. The van der Waals surface area contributed by atoms with Crippen LogP contribution in [0.3, 0.4) is 0 Å². The summed E-state index contributed by atoms with van der Waals surface area (Å²) in [7, 11) is 0. The number of rotatable bonds is 2. The first-order valence-corrected chi connectivity index (χ1v) is 8.75. The van der Waals surface area contributed by atoms with Gasteiger partial charge in [-0.05, 0) is 36.3 Å². The van der Waals surface area contributed by atoms with Crippen molar-refractivity contribution in [3.8, 4) is 11.1 Å². The number of fused-ring (bicyclic) bond motifs is 1. The molecule has 25 heavy (non-hydrogen) atoms. The second-order valence-corrected chi connectivity index (χ2v) is 6.47. The maximum Gasteiger partial charge on any atom is 0.271 e. The minimum atomic E-state index is -0.212. The monoisotopic (exact) mass is 332 g/mol. The number of piperidine rings is 1. The van der Waals surface area contributed by atoms with Crippen LogP contribution in [0.25, 0.3) is 21.9 Å². The number of H-pyrrole nitrogens is 1. The van der Waals surface area contributed by atoms with Gasteiger partial charge < -0.3 is 9.88 Å². The van der Waals surface area contributed by atoms with E-state index < -0.39 is 0 Å². The molecule has 4 heteroatoms. The van der Waals surface area contributed by atoms with Gasteiger partial charge in [0.15, 0.2) is 0 Å². The summed E-state index contributed by atoms with van der Waals surface area (Å²) in [6.45, 7) is 1.50. The molecule has 1 fully saturated rings. The molecule has 1 aliphatic rings. The van der Waals surface area contributed by atoms with Crippen molar-refractivity contribution in [2.24, 2.45) is 0 Å². The fourth-order valence-corrected chi connectivity index (χ4v) is 3.60. The Labute approximate surface area is 146 Å². The van der Waals surface area contributed by atoms with E-state index in [4.69, 9.17) is 0 Å². The predicted molar refractivity (Wildman–Crippen MR) is 99.8 cm³/mol. The first-order chi connectivity index (χ1) is 12.3. The lowest BCUT2D eigenvalue weighted by molar-refractivity contribution is 0.0719. The van der Waals surface area contributed by atoms with E-state index in [9.17, 15) is 9.59 Å². The molecule has 126 valence electrons. The molecule has 0 atom stereocenters. The van der Waals surface area contributed by atoms with Crippen LogP contribution in [0.1, 0.15) is 29.8 Å². The summed E-state index contributed by atoms with van der Waals surface area (Å²) < 4.78 is 0. The highest BCUT2D eigenvalue weighted by Crippen LogP contribution is 2.30. The molecule has 0 spiro atoms. The predicted octanol–water partition coefficient (Wildman–Crippen LogP) is 3.82. The molecular weight excluding hydrogens is 312 g/mol. The number of hydrogen-bond acceptors (Lipinski definition) is 2. The van der Waals surface area contributed by atoms with E-state index in [2.05, 4.69) is 4.98 Å². The van der Waals surface area contributed by atoms with Gasteiger partial charge in [-0.15, -0.1) is 0 Å². The van der Waals surface area contributed by atoms with Crippen LogP contribution in [-0.4, -0.2) is 28.9 Å². The normalized spacial score (nSPS) is 14.6. The number of carbonyl (C=O) groups excluding carboxylic acids is 1. The van der Waals surface area contributed by atoms with Crippen molar-refractivity contribution in [2.45, 2.75) is 19.3 Å². The number of nitrogens with zero attached hydrogens (tertiary/aromatic N) is 1. The molecule has 0 aliphatic carbocycles. The first-order valence-electron chi connectivity index (χ1n) is 8.75. The topological polar surface area (TPSA) is 53.2 Å². The zero-order valence-corrected chi connectivity index (χ0v) is 14.0. The van der Waals surface area contributed by atoms with Gasteiger partial charge in [0.2, 0.25) is 0 Å². The number of benzene rings is 2. The summed E-state index contributed by atoms with van der Waals surface area (Å²) in [6.07, 6.45) is 3.19. The lowest BCUT2D eigenvalue weighted by Crippen LogP contribution is -2.37. The minimum Gasteiger partial charge on any atom is -0.337 e. The number of carbonyl (C=O) groups is 1. The average molecular weight is 332 g/mol. The minimum absolute atomic E-state index is 0.0820. The van der Waals surface area contributed by atoms with Crippen molar-refractivity contribution < 1.29 is 4.79 Å². The van der Waals surface area contributed by atoms with Crippen LogP contribution in [0.5, 0.6) is 0 Å². The van der Waals surface area contributed by atoms with Crippen LogP contribution in [0.4, 0.5) is 0 Å². The number of hydrogen-bond donors (Lipinski definition) is 1. The smallest absolute Gasteiger partial charge is 0.271 e. The van der Waals surface area contributed by atoms with E-state index in [0.717, 1.165) is 48.9 Å². The molecular formula is C21H20N2O2. The number of pyridine rings is 1. The molecule has 4 rings (SSSR count). The molecule has 0 bridgehead atoms. The van der Waals surface area contributed by atoms with Gasteiger partial charge in [0.1, 0.15) is 5.69 Å². The Bertz CT molecular complexity index is 970. The third-order valence-corrected chi connectivity index (χ3v) is 4.85. The molecule has 2 aromatic carbocycles. The van der Waals surface area contributed by atoms with Crippen LogP contribution in [-0.2, 0) is 0 Å². The Morgan fingerprint density at radius 2 is 1.48 bits per heavy atom. The highest BCUT2D eigenvalue weighted by atomic mass is 16.2. The Hall–Kier alpha value is -2.88. The van der Waals surface area contributed by atoms with Gasteiger partial charge in [-0.3, -0.25) is 9.59 Å². The summed E-state index contributed by atoms with van der Waals surface area (Å²) in [6, 6.07) is 17.3. The molecule has 1 N–H and O–H groups in total. The second kappa shape index (κ2) is 6.55. The van der Waals surface area contributed by atoms with Crippen molar-refractivity contribution in [3.05, 3.63) is 70.6 Å². The van der Waals surface area contributed by atoms with Gasteiger partial charge in [0.05, 0.1) is 0 Å². The molecule has 0 unspecified atom stereocenters. The molecule has 1 amide bonds. The van der Waals surface area contributed by atoms with Crippen LogP contribution in [0, 0.1) is 0 Å². The van der Waals surface area contributed by atoms with Crippen molar-refractivity contribution >= 4 is 16.7 Å². The summed E-state index contributed by atoms with van der Waals surface area (Å²) in [5, 5.41) is 1.43. The van der Waals surface area contributed by atoms with Crippen molar-refractivity contribution in [1.82, 2.24) is 9.88 Å². The number of nitrogens with one attached hydrogen (secondary N) is 1. The Morgan fingerprint density at radius 3 is 2.20 bits per heavy atom. The zero-order valence-electron chi connectivity index (χ0n) is 14.0. The van der Waals surface area contributed by atoms with E-state index in [1.54, 1.807) is 6.07 Å². The van der Waals surface area contributed by atoms with E-state index >= 15 is 0 Å². The number of amides is 1. The van der Waals surface area contributed by atoms with E-state index in [0.29, 0.717) is 11.1 Å². The Kier molecular flexibility index (Phi) is 4.10. The highest BCUT2D eigenvalue weighted by molar-refractivity contribution is 6.08. The standard InChI is InChI=1S/C21H20N2O2/c24-20-17-12-6-5-11-16(17)18(15-9-3-1-4-10-15)19(22-20)21(25)23-13-7-2-8-14-23/h1,3-6,9-12H,2,7-8,13-14H2,(H,22,24). The SMILES string of the molecule is O=C(c1[nH]c(=O)c2ccccc2c1-c1ccccc1)N1CCCCC1. The average Bonchev–Trinajstić information content (AvgIpc) is 2.69. The number of aromatic nitrogens is 1. The summed E-state index contributed by atoms with van der Waals surface area (Å²) in [5.74, 6) is -0.0820. The second-order valence-electron chi connectivity index (χ2n) is 6.47. The van der Waals surface area contributed by atoms with Gasteiger partial charge in [0.25, 0.3) is 11.5 Å². The fraction of sp³-hybridized carbons (Fsp3) is 0.238. The first kappa shape index (κ1) is 15.6. The fourth-order valence-electron chi connectivity index (χ4n) is 3.60. The molecule has 1 aliphatic heterocycles. The van der Waals surface area contributed by atoms with Crippen LogP contribution in [0.2, 0.25) is 0 Å². The maximum absolute atomic E-state index is 13.1. The van der Waals surface area contributed by atoms with Gasteiger partial charge in [0, 0.05) is 24.0 Å². The maximum atomic E-state index is 13.1. The van der Waals surface area contributed by atoms with Crippen LogP contribution in [0.15, 0.2) is 59.4 Å². The van der Waals surface area contributed by atoms with Gasteiger partial charge in [-0.1, -0.05) is 48.5 Å². The Balaban J connectivity index is 1.97. The quantitative estimate of drug-likeness (QED) is 0.775. The van der Waals surface area contributed by atoms with Gasteiger partial charge in [-0.25, -0.2) is 0 Å². The van der Waals surface area contributed by atoms with Crippen molar-refractivity contribution in [2.75, 3.05) is 13.1 Å². The summed E-state index contributed by atoms with van der Waals surface area (Å²) in [4.78, 5) is 30.4. The largest absolute Gasteiger partial charge is 0.337 e. The molecule has 4 nitrogen and oxygen atoms in total. The van der Waals surface area contributed by atoms with Gasteiger partial charge >= 0.3 is 0 Å². The highest BCUT2D eigenvalue weighted by Gasteiger charge is 2.24. The molecule has 3 aromatic rings. The van der Waals surface area contributed by atoms with Gasteiger partial charge in [-0.2, -0.15) is 0 Å². The molecule has 2 heterocycles. The molecule has 0 saturated carbocycles. The Morgan fingerprint density at radius 1 is 0.840 bits per heavy atom. The van der Waals surface area contributed by atoms with Crippen molar-refractivity contribution in [3.63, 3.8) is 0 Å². The van der Waals surface area contributed by atoms with Crippen molar-refractivity contribution in [1.29, 1.82) is 0 Å².